The van der Waals surface area contributed by atoms with Crippen molar-refractivity contribution in [2.45, 2.75) is 38.2 Å². The Labute approximate surface area is 115 Å². The third-order valence-corrected chi connectivity index (χ3v) is 3.90. The monoisotopic (exact) mass is 254 g/mol. The smallest absolute Gasteiger partial charge is 0.0634 e. The zero-order chi connectivity index (χ0) is 13.7. The fourth-order valence-corrected chi connectivity index (χ4v) is 2.37. The molecule has 1 atom stereocenters. The van der Waals surface area contributed by atoms with Crippen LogP contribution in [-0.4, -0.2) is 11.2 Å². The van der Waals surface area contributed by atoms with Crippen LogP contribution < -0.4 is 0 Å². The number of hydrogen-bond acceptors (Lipinski definition) is 1. The molecule has 1 N–H and O–H groups in total. The molecule has 2 aromatic carbocycles. The van der Waals surface area contributed by atoms with Gasteiger partial charge < -0.3 is 5.11 Å². The second kappa shape index (κ2) is 6.03. The van der Waals surface area contributed by atoms with E-state index in [1.807, 2.05) is 36.4 Å². The first-order valence-electron chi connectivity index (χ1n) is 6.88. The lowest BCUT2D eigenvalue weighted by Crippen LogP contribution is -2.34. The average molecular weight is 254 g/mol. The van der Waals surface area contributed by atoms with E-state index in [9.17, 15) is 5.11 Å². The third-order valence-electron chi connectivity index (χ3n) is 3.90. The van der Waals surface area contributed by atoms with Gasteiger partial charge in [0.15, 0.2) is 0 Å². The quantitative estimate of drug-likeness (QED) is 0.856. The lowest BCUT2D eigenvalue weighted by atomic mass is 9.77. The Morgan fingerprint density at radius 1 is 0.895 bits per heavy atom. The number of aliphatic hydroxyl groups excluding tert-OH is 1. The minimum Gasteiger partial charge on any atom is -0.392 e. The van der Waals surface area contributed by atoms with E-state index in [0.717, 1.165) is 12.8 Å². The van der Waals surface area contributed by atoms with Crippen molar-refractivity contribution in [3.8, 4) is 0 Å². The standard InChI is InChI=1S/C18H22O/c1-18(2,16-11-7-4-8-12-16)17(19)14-13-15-9-5-3-6-10-15/h3-12,17,19H,13-14H2,1-2H3. The number of aliphatic hydroxyl groups is 1. The van der Waals surface area contributed by atoms with Crippen molar-refractivity contribution >= 4 is 0 Å². The Kier molecular flexibility index (Phi) is 4.39. The summed E-state index contributed by atoms with van der Waals surface area (Å²) in [6, 6.07) is 20.6. The molecule has 2 rings (SSSR count). The van der Waals surface area contributed by atoms with Crippen LogP contribution in [0.1, 0.15) is 31.4 Å². The normalized spacial score (nSPS) is 13.2. The predicted octanol–water partition coefficient (Wildman–Crippen LogP) is 3.96. The van der Waals surface area contributed by atoms with Gasteiger partial charge in [-0.3, -0.25) is 0 Å². The number of aryl methyl sites for hydroxylation is 1. The van der Waals surface area contributed by atoms with Gasteiger partial charge in [0.05, 0.1) is 6.10 Å². The molecular weight excluding hydrogens is 232 g/mol. The molecule has 1 nitrogen and oxygen atoms in total. The van der Waals surface area contributed by atoms with Crippen molar-refractivity contribution in [2.75, 3.05) is 0 Å². The SMILES string of the molecule is CC(C)(c1ccccc1)C(O)CCc1ccccc1. The van der Waals surface area contributed by atoms with Crippen LogP contribution in [0.25, 0.3) is 0 Å². The Morgan fingerprint density at radius 3 is 2.00 bits per heavy atom. The van der Waals surface area contributed by atoms with E-state index in [4.69, 9.17) is 0 Å². The molecule has 0 aliphatic rings. The second-order valence-corrected chi connectivity index (χ2v) is 5.63. The van der Waals surface area contributed by atoms with Gasteiger partial charge in [0, 0.05) is 5.41 Å². The first kappa shape index (κ1) is 13.8. The summed E-state index contributed by atoms with van der Waals surface area (Å²) in [7, 11) is 0. The summed E-state index contributed by atoms with van der Waals surface area (Å²) >= 11 is 0. The van der Waals surface area contributed by atoms with Crippen LogP contribution in [0.2, 0.25) is 0 Å². The highest BCUT2D eigenvalue weighted by Gasteiger charge is 2.29. The molecule has 1 heteroatoms. The highest BCUT2D eigenvalue weighted by molar-refractivity contribution is 5.25. The van der Waals surface area contributed by atoms with Gasteiger partial charge in [-0.2, -0.15) is 0 Å². The fraction of sp³-hybridized carbons (Fsp3) is 0.333. The van der Waals surface area contributed by atoms with Crippen LogP contribution in [-0.2, 0) is 11.8 Å². The molecule has 0 heterocycles. The van der Waals surface area contributed by atoms with E-state index in [1.54, 1.807) is 0 Å². The lowest BCUT2D eigenvalue weighted by molar-refractivity contribution is 0.0915. The molecule has 0 aromatic heterocycles. The molecule has 0 saturated heterocycles. The lowest BCUT2D eigenvalue weighted by Gasteiger charge is -2.31. The summed E-state index contributed by atoms with van der Waals surface area (Å²) < 4.78 is 0. The maximum Gasteiger partial charge on any atom is 0.0634 e. The Morgan fingerprint density at radius 2 is 1.42 bits per heavy atom. The number of benzene rings is 2. The van der Waals surface area contributed by atoms with Gasteiger partial charge in [-0.15, -0.1) is 0 Å². The summed E-state index contributed by atoms with van der Waals surface area (Å²) in [6.45, 7) is 4.22. The minimum absolute atomic E-state index is 0.212. The number of hydrogen-bond donors (Lipinski definition) is 1. The molecule has 0 bridgehead atoms. The summed E-state index contributed by atoms with van der Waals surface area (Å²) in [5.74, 6) is 0. The molecule has 0 radical (unpaired) electrons. The van der Waals surface area contributed by atoms with Crippen LogP contribution in [0.4, 0.5) is 0 Å². The van der Waals surface area contributed by atoms with E-state index in [1.165, 1.54) is 11.1 Å². The maximum absolute atomic E-state index is 10.5. The first-order valence-corrected chi connectivity index (χ1v) is 6.88. The van der Waals surface area contributed by atoms with Gasteiger partial charge in [0.2, 0.25) is 0 Å². The van der Waals surface area contributed by atoms with Gasteiger partial charge in [-0.05, 0) is 24.0 Å². The van der Waals surface area contributed by atoms with Crippen LogP contribution in [0, 0.1) is 0 Å². The molecular formula is C18H22O. The van der Waals surface area contributed by atoms with E-state index < -0.39 is 0 Å². The van der Waals surface area contributed by atoms with E-state index in [2.05, 4.69) is 38.1 Å². The molecule has 19 heavy (non-hydrogen) atoms. The van der Waals surface area contributed by atoms with Gasteiger partial charge in [0.1, 0.15) is 0 Å². The molecule has 0 aliphatic carbocycles. The van der Waals surface area contributed by atoms with Crippen molar-refractivity contribution in [3.05, 3.63) is 71.8 Å². The van der Waals surface area contributed by atoms with Gasteiger partial charge in [-0.25, -0.2) is 0 Å². The van der Waals surface area contributed by atoms with Crippen LogP contribution in [0.5, 0.6) is 0 Å². The second-order valence-electron chi connectivity index (χ2n) is 5.63. The maximum atomic E-state index is 10.5. The highest BCUT2D eigenvalue weighted by atomic mass is 16.3. The largest absolute Gasteiger partial charge is 0.392 e. The molecule has 0 aliphatic heterocycles. The van der Waals surface area contributed by atoms with Gasteiger partial charge >= 0.3 is 0 Å². The van der Waals surface area contributed by atoms with E-state index in [-0.39, 0.29) is 11.5 Å². The molecule has 0 fully saturated rings. The van der Waals surface area contributed by atoms with Crippen molar-refractivity contribution in [3.63, 3.8) is 0 Å². The predicted molar refractivity (Wildman–Crippen MR) is 80.2 cm³/mol. The van der Waals surface area contributed by atoms with Gasteiger partial charge in [0.25, 0.3) is 0 Å². The summed E-state index contributed by atoms with van der Waals surface area (Å²) in [5, 5.41) is 10.5. The zero-order valence-corrected chi connectivity index (χ0v) is 11.7. The summed E-state index contributed by atoms with van der Waals surface area (Å²) in [5.41, 5.74) is 2.26. The Bertz CT molecular complexity index is 488. The van der Waals surface area contributed by atoms with Crippen LogP contribution in [0.15, 0.2) is 60.7 Å². The van der Waals surface area contributed by atoms with Crippen molar-refractivity contribution < 1.29 is 5.11 Å². The molecule has 0 saturated carbocycles. The van der Waals surface area contributed by atoms with Crippen molar-refractivity contribution in [1.29, 1.82) is 0 Å². The highest BCUT2D eigenvalue weighted by Crippen LogP contribution is 2.29. The summed E-state index contributed by atoms with van der Waals surface area (Å²) in [4.78, 5) is 0. The number of rotatable bonds is 5. The first-order chi connectivity index (χ1) is 9.10. The zero-order valence-electron chi connectivity index (χ0n) is 11.7. The molecule has 0 amide bonds. The molecule has 0 spiro atoms. The fourth-order valence-electron chi connectivity index (χ4n) is 2.37. The third kappa shape index (κ3) is 3.45. The van der Waals surface area contributed by atoms with Crippen LogP contribution in [0.3, 0.4) is 0 Å². The summed E-state index contributed by atoms with van der Waals surface area (Å²) in [6.07, 6.45) is 1.36. The average Bonchev–Trinajstić information content (AvgIpc) is 2.46. The minimum atomic E-state index is -0.338. The molecule has 2 aromatic rings. The van der Waals surface area contributed by atoms with E-state index >= 15 is 0 Å². The molecule has 100 valence electrons. The van der Waals surface area contributed by atoms with Crippen LogP contribution >= 0.6 is 0 Å². The van der Waals surface area contributed by atoms with Crippen molar-refractivity contribution in [1.82, 2.24) is 0 Å². The van der Waals surface area contributed by atoms with Crippen molar-refractivity contribution in [2.24, 2.45) is 0 Å². The van der Waals surface area contributed by atoms with Gasteiger partial charge in [-0.1, -0.05) is 74.5 Å². The topological polar surface area (TPSA) is 20.2 Å². The Hall–Kier alpha value is -1.60. The van der Waals surface area contributed by atoms with E-state index in [0.29, 0.717) is 0 Å². The molecule has 1 unspecified atom stereocenters. The Balaban J connectivity index is 2.01.